The Morgan fingerprint density at radius 1 is 1.53 bits per heavy atom. The number of halogens is 2. The second-order valence-corrected chi connectivity index (χ2v) is 6.18. The second kappa shape index (κ2) is 5.51. The van der Waals surface area contributed by atoms with Gasteiger partial charge in [-0.1, -0.05) is 15.9 Å². The Morgan fingerprint density at radius 2 is 2.21 bits per heavy atom. The van der Waals surface area contributed by atoms with Crippen molar-refractivity contribution in [1.82, 2.24) is 9.55 Å². The van der Waals surface area contributed by atoms with Gasteiger partial charge in [0.25, 0.3) is 0 Å². The zero-order valence-electron chi connectivity index (χ0n) is 10.7. The van der Waals surface area contributed by atoms with Gasteiger partial charge in [0.1, 0.15) is 5.82 Å². The van der Waals surface area contributed by atoms with Crippen molar-refractivity contribution in [2.24, 2.45) is 5.73 Å². The minimum absolute atomic E-state index is 0.0759. The van der Waals surface area contributed by atoms with Crippen molar-refractivity contribution in [3.05, 3.63) is 28.5 Å². The van der Waals surface area contributed by atoms with Crippen LogP contribution in [0.3, 0.4) is 0 Å². The van der Waals surface area contributed by atoms with E-state index in [0.717, 1.165) is 21.3 Å². The standard InChI is InChI=1S/C13H15BrClN3O/c1-7(5-12(16)19)18-11-6-9(14)3-4-10(11)17-13(18)8(2)15/h3-4,6-8H,5H2,1-2H3,(H2,16,19). The molecule has 1 heterocycles. The van der Waals surface area contributed by atoms with Crippen molar-refractivity contribution in [3.63, 3.8) is 0 Å². The summed E-state index contributed by atoms with van der Waals surface area (Å²) in [5, 5.41) is -0.235. The molecule has 0 bridgehead atoms. The molecule has 2 unspecified atom stereocenters. The summed E-state index contributed by atoms with van der Waals surface area (Å²) in [6.45, 7) is 3.81. The van der Waals surface area contributed by atoms with E-state index in [9.17, 15) is 4.79 Å². The Balaban J connectivity index is 2.63. The Morgan fingerprint density at radius 3 is 2.79 bits per heavy atom. The summed E-state index contributed by atoms with van der Waals surface area (Å²) in [5.41, 5.74) is 7.10. The number of alkyl halides is 1. The van der Waals surface area contributed by atoms with Crippen LogP contribution in [-0.4, -0.2) is 15.5 Å². The van der Waals surface area contributed by atoms with Crippen LogP contribution in [0.2, 0.25) is 0 Å². The Hall–Kier alpha value is -1.07. The molecule has 0 aliphatic heterocycles. The number of primary amides is 1. The molecule has 2 rings (SSSR count). The van der Waals surface area contributed by atoms with Gasteiger partial charge in [0.15, 0.2) is 0 Å². The number of nitrogens with two attached hydrogens (primary N) is 1. The molecule has 0 saturated carbocycles. The smallest absolute Gasteiger partial charge is 0.219 e. The first-order valence-corrected chi connectivity index (χ1v) is 7.23. The van der Waals surface area contributed by atoms with Crippen LogP contribution in [0.15, 0.2) is 22.7 Å². The number of nitrogens with zero attached hydrogens (tertiary/aromatic N) is 2. The van der Waals surface area contributed by atoms with Crippen molar-refractivity contribution in [2.45, 2.75) is 31.7 Å². The topological polar surface area (TPSA) is 60.9 Å². The SMILES string of the molecule is CC(Cl)c1nc2ccc(Br)cc2n1C(C)CC(N)=O. The molecule has 0 fully saturated rings. The lowest BCUT2D eigenvalue weighted by Gasteiger charge is -2.17. The third-order valence-corrected chi connectivity index (χ3v) is 3.66. The average molecular weight is 345 g/mol. The summed E-state index contributed by atoms with van der Waals surface area (Å²) >= 11 is 9.64. The number of carbonyl (C=O) groups excluding carboxylic acids is 1. The molecule has 0 aliphatic rings. The molecule has 0 radical (unpaired) electrons. The number of benzene rings is 1. The number of fused-ring (bicyclic) bond motifs is 1. The molecule has 0 spiro atoms. The fraction of sp³-hybridized carbons (Fsp3) is 0.385. The maximum absolute atomic E-state index is 11.1. The van der Waals surface area contributed by atoms with Crippen molar-refractivity contribution in [2.75, 3.05) is 0 Å². The molecular weight excluding hydrogens is 330 g/mol. The molecule has 1 amide bonds. The number of carbonyl (C=O) groups is 1. The van der Waals surface area contributed by atoms with Gasteiger partial charge in [-0.2, -0.15) is 0 Å². The highest BCUT2D eigenvalue weighted by Gasteiger charge is 2.20. The summed E-state index contributed by atoms with van der Waals surface area (Å²) < 4.78 is 2.95. The molecular formula is C13H15BrClN3O. The number of amides is 1. The van der Waals surface area contributed by atoms with E-state index in [0.29, 0.717) is 0 Å². The first kappa shape index (κ1) is 14.3. The predicted octanol–water partition coefficient (Wildman–Crippen LogP) is 3.54. The zero-order chi connectivity index (χ0) is 14.2. The highest BCUT2D eigenvalue weighted by molar-refractivity contribution is 9.10. The molecule has 19 heavy (non-hydrogen) atoms. The van der Waals surface area contributed by atoms with Crippen molar-refractivity contribution >= 4 is 44.5 Å². The summed E-state index contributed by atoms with van der Waals surface area (Å²) in [6.07, 6.45) is 0.259. The lowest BCUT2D eigenvalue weighted by molar-refractivity contribution is -0.118. The van der Waals surface area contributed by atoms with E-state index in [4.69, 9.17) is 17.3 Å². The maximum atomic E-state index is 11.1. The average Bonchev–Trinajstić information content (AvgIpc) is 2.66. The van der Waals surface area contributed by atoms with Gasteiger partial charge < -0.3 is 10.3 Å². The molecule has 0 aliphatic carbocycles. The fourth-order valence-electron chi connectivity index (χ4n) is 2.21. The van der Waals surface area contributed by atoms with Crippen LogP contribution < -0.4 is 5.73 Å². The summed E-state index contributed by atoms with van der Waals surface area (Å²) in [4.78, 5) is 15.7. The van der Waals surface area contributed by atoms with Crippen molar-refractivity contribution in [3.8, 4) is 0 Å². The van der Waals surface area contributed by atoms with E-state index in [1.165, 1.54) is 0 Å². The molecule has 4 nitrogen and oxygen atoms in total. The Kier molecular flexibility index (Phi) is 4.16. The third-order valence-electron chi connectivity index (χ3n) is 2.97. The highest BCUT2D eigenvalue weighted by Crippen LogP contribution is 2.30. The van der Waals surface area contributed by atoms with Gasteiger partial charge in [-0.25, -0.2) is 4.98 Å². The van der Waals surface area contributed by atoms with E-state index >= 15 is 0 Å². The van der Waals surface area contributed by atoms with Gasteiger partial charge in [0, 0.05) is 16.9 Å². The lowest BCUT2D eigenvalue weighted by Crippen LogP contribution is -2.19. The third kappa shape index (κ3) is 2.92. The molecule has 1 aromatic heterocycles. The van der Waals surface area contributed by atoms with Gasteiger partial charge in [-0.15, -0.1) is 11.6 Å². The highest BCUT2D eigenvalue weighted by atomic mass is 79.9. The lowest BCUT2D eigenvalue weighted by atomic mass is 10.2. The quantitative estimate of drug-likeness (QED) is 0.862. The molecule has 0 saturated heterocycles. The molecule has 2 aromatic rings. The second-order valence-electron chi connectivity index (χ2n) is 4.61. The van der Waals surface area contributed by atoms with Gasteiger partial charge in [0.2, 0.25) is 5.91 Å². The Labute approximate surface area is 125 Å². The fourth-order valence-corrected chi connectivity index (χ4v) is 2.71. The number of hydrogen-bond donors (Lipinski definition) is 1. The van der Waals surface area contributed by atoms with Crippen LogP contribution in [0.5, 0.6) is 0 Å². The molecule has 2 N–H and O–H groups in total. The van der Waals surface area contributed by atoms with Gasteiger partial charge in [0.05, 0.1) is 16.4 Å². The van der Waals surface area contributed by atoms with Crippen LogP contribution in [0.25, 0.3) is 11.0 Å². The summed E-state index contributed by atoms with van der Waals surface area (Å²) in [6, 6.07) is 5.76. The van der Waals surface area contributed by atoms with E-state index < -0.39 is 0 Å². The van der Waals surface area contributed by atoms with Crippen molar-refractivity contribution < 1.29 is 4.79 Å². The summed E-state index contributed by atoms with van der Waals surface area (Å²) in [5.74, 6) is 0.418. The predicted molar refractivity (Wildman–Crippen MR) is 80.2 cm³/mol. The van der Waals surface area contributed by atoms with Crippen LogP contribution in [0.4, 0.5) is 0 Å². The van der Waals surface area contributed by atoms with E-state index in [1.807, 2.05) is 36.6 Å². The monoisotopic (exact) mass is 343 g/mol. The first-order valence-electron chi connectivity index (χ1n) is 6.00. The van der Waals surface area contributed by atoms with Gasteiger partial charge >= 0.3 is 0 Å². The maximum Gasteiger partial charge on any atom is 0.219 e. The molecule has 2 atom stereocenters. The minimum Gasteiger partial charge on any atom is -0.370 e. The normalized spacial score (nSPS) is 14.5. The molecule has 102 valence electrons. The Bertz CT molecular complexity index is 624. The first-order chi connectivity index (χ1) is 8.90. The van der Waals surface area contributed by atoms with E-state index in [-0.39, 0.29) is 23.7 Å². The van der Waals surface area contributed by atoms with E-state index in [1.54, 1.807) is 0 Å². The van der Waals surface area contributed by atoms with Crippen molar-refractivity contribution in [1.29, 1.82) is 0 Å². The van der Waals surface area contributed by atoms with Crippen LogP contribution in [-0.2, 0) is 4.79 Å². The zero-order valence-corrected chi connectivity index (χ0v) is 13.1. The van der Waals surface area contributed by atoms with Crippen LogP contribution >= 0.6 is 27.5 Å². The van der Waals surface area contributed by atoms with Gasteiger partial charge in [-0.05, 0) is 32.0 Å². The van der Waals surface area contributed by atoms with E-state index in [2.05, 4.69) is 20.9 Å². The number of imidazole rings is 1. The minimum atomic E-state index is -0.336. The molecule has 6 heteroatoms. The summed E-state index contributed by atoms with van der Waals surface area (Å²) in [7, 11) is 0. The number of hydrogen-bond acceptors (Lipinski definition) is 2. The largest absolute Gasteiger partial charge is 0.370 e. The number of aromatic nitrogens is 2. The molecule has 1 aromatic carbocycles. The number of rotatable bonds is 4. The van der Waals surface area contributed by atoms with Crippen LogP contribution in [0, 0.1) is 0 Å². The van der Waals surface area contributed by atoms with Crippen LogP contribution in [0.1, 0.15) is 37.5 Å². The van der Waals surface area contributed by atoms with Gasteiger partial charge in [-0.3, -0.25) is 4.79 Å².